The van der Waals surface area contributed by atoms with Crippen molar-refractivity contribution in [2.45, 2.75) is 77.8 Å². The van der Waals surface area contributed by atoms with Crippen LogP contribution in [0.5, 0.6) is 0 Å². The van der Waals surface area contributed by atoms with E-state index in [1.165, 1.54) is 65.7 Å². The Balaban J connectivity index is 0.000000119. The molecule has 0 spiro atoms. The van der Waals surface area contributed by atoms with E-state index in [4.69, 9.17) is 25.2 Å². The molecule has 0 unspecified atom stereocenters. The third kappa shape index (κ3) is 15.0. The van der Waals surface area contributed by atoms with Gasteiger partial charge in [0.1, 0.15) is 33.5 Å². The van der Waals surface area contributed by atoms with Crippen LogP contribution in [0.25, 0.3) is 130 Å². The maximum atomic E-state index is 7.01. The van der Waals surface area contributed by atoms with Gasteiger partial charge in [-0.1, -0.05) is 364 Å². The maximum Gasteiger partial charge on any atom is 0.310 e. The summed E-state index contributed by atoms with van der Waals surface area (Å²) < 4.78 is 49.3. The van der Waals surface area contributed by atoms with Crippen molar-refractivity contribution in [3.05, 3.63) is 434 Å². The molecule has 0 bridgehead atoms. The number of hydrogen-bond donors (Lipinski definition) is 0. The topological polar surface area (TPSA) is 88.6 Å². The molecule has 0 saturated heterocycles. The molecule has 0 amide bonds. The van der Waals surface area contributed by atoms with Crippen LogP contribution in [-0.4, -0.2) is 6.04 Å². The Morgan fingerprint density at radius 3 is 0.533 bits per heavy atom. The van der Waals surface area contributed by atoms with Gasteiger partial charge in [0.25, 0.3) is 0 Å². The molecule has 0 aliphatic rings. The van der Waals surface area contributed by atoms with Gasteiger partial charge >= 0.3 is 24.5 Å². The normalized spacial score (nSPS) is 12.8. The zero-order chi connectivity index (χ0) is 81.2. The third-order valence-electron chi connectivity index (χ3n) is 23.5. The van der Waals surface area contributed by atoms with Gasteiger partial charge in [-0.2, -0.15) is 14.0 Å². The lowest BCUT2D eigenvalue weighted by molar-refractivity contribution is 0.558. The summed E-state index contributed by atoms with van der Waals surface area (Å²) in [6.07, 6.45) is 0. The molecular formula is C108H90N3O6P3. The molecule has 0 aliphatic heterocycles. The summed E-state index contributed by atoms with van der Waals surface area (Å²) in [4.78, 5) is 0. The molecule has 588 valence electrons. The van der Waals surface area contributed by atoms with Crippen LogP contribution in [0.2, 0.25) is 0 Å². The molecule has 0 saturated carbocycles. The Bertz CT molecular complexity index is 6400. The lowest BCUT2D eigenvalue weighted by Crippen LogP contribution is -2.33. The van der Waals surface area contributed by atoms with E-state index in [1.54, 1.807) is 0 Å². The Morgan fingerprint density at radius 2 is 0.342 bits per heavy atom. The molecule has 18 aromatic carbocycles. The van der Waals surface area contributed by atoms with E-state index in [0.717, 1.165) is 98.1 Å². The van der Waals surface area contributed by atoms with Gasteiger partial charge in [0.15, 0.2) is 0 Å². The van der Waals surface area contributed by atoms with E-state index in [1.807, 2.05) is 0 Å². The maximum absolute atomic E-state index is 7.01. The Kier molecular flexibility index (Phi) is 22.0. The van der Waals surface area contributed by atoms with Gasteiger partial charge in [0.2, 0.25) is 0 Å². The highest BCUT2D eigenvalue weighted by Gasteiger charge is 2.34. The van der Waals surface area contributed by atoms with Crippen LogP contribution < -0.4 is 14.0 Å². The van der Waals surface area contributed by atoms with Crippen LogP contribution in [0.15, 0.2) is 426 Å². The largest absolute Gasteiger partial charge is 0.408 e. The van der Waals surface area contributed by atoms with E-state index in [2.05, 4.69) is 456 Å². The summed E-state index contributed by atoms with van der Waals surface area (Å²) in [6, 6.07) is 141. The highest BCUT2D eigenvalue weighted by Crippen LogP contribution is 2.52. The van der Waals surface area contributed by atoms with E-state index < -0.39 is 24.5 Å². The number of hydrogen-bond acceptors (Lipinski definition) is 9. The van der Waals surface area contributed by atoms with Crippen molar-refractivity contribution in [1.29, 1.82) is 0 Å². The zero-order valence-electron chi connectivity index (χ0n) is 67.7. The van der Waals surface area contributed by atoms with Gasteiger partial charge in [0.05, 0.1) is 6.04 Å². The average molecular weight is 1620 g/mol. The Morgan fingerprint density at radius 1 is 0.175 bits per heavy atom. The van der Waals surface area contributed by atoms with Gasteiger partial charge in [-0.15, -0.1) is 0 Å². The van der Waals surface area contributed by atoms with Crippen LogP contribution in [0.1, 0.15) is 105 Å². The van der Waals surface area contributed by atoms with Gasteiger partial charge < -0.3 is 25.2 Å². The summed E-state index contributed by atoms with van der Waals surface area (Å²) in [5.41, 5.74) is 12.4. The lowest BCUT2D eigenvalue weighted by Gasteiger charge is -2.32. The van der Waals surface area contributed by atoms with Crippen LogP contribution >= 0.6 is 24.5 Å². The third-order valence-corrected chi connectivity index (χ3v) is 28.8. The molecule has 9 nitrogen and oxygen atoms in total. The molecule has 0 radical (unpaired) electrons. The highest BCUT2D eigenvalue weighted by atomic mass is 31.1. The minimum absolute atomic E-state index is 0.0422. The monoisotopic (exact) mass is 1620 g/mol. The number of rotatable bonds is 15. The number of benzene rings is 18. The van der Waals surface area contributed by atoms with Gasteiger partial charge in [-0.05, 0) is 176 Å². The molecule has 4 atom stereocenters. The summed E-state index contributed by atoms with van der Waals surface area (Å²) >= 11 is 0. The van der Waals surface area contributed by atoms with E-state index in [0.29, 0.717) is 0 Å². The van der Waals surface area contributed by atoms with Crippen LogP contribution in [0.3, 0.4) is 0 Å². The Hall–Kier alpha value is -12.9. The summed E-state index contributed by atoms with van der Waals surface area (Å²) in [5.74, 6) is 0. The minimum atomic E-state index is -1.54. The molecule has 3 heterocycles. The van der Waals surface area contributed by atoms with Gasteiger partial charge in [0, 0.05) is 62.5 Å². The quantitative estimate of drug-likeness (QED) is 0.0996. The van der Waals surface area contributed by atoms with Crippen molar-refractivity contribution < 1.29 is 25.2 Å². The lowest BCUT2D eigenvalue weighted by atomic mass is 9.98. The first-order valence-corrected chi connectivity index (χ1v) is 44.7. The summed E-state index contributed by atoms with van der Waals surface area (Å²) in [6.45, 7) is 13.4. The molecular weight excluding hydrogens is 1530 g/mol. The molecule has 3 aromatic heterocycles. The van der Waals surface area contributed by atoms with Crippen molar-refractivity contribution in [3.63, 3.8) is 0 Å². The van der Waals surface area contributed by atoms with E-state index >= 15 is 0 Å². The predicted molar refractivity (Wildman–Crippen MR) is 508 cm³/mol. The fourth-order valence-electron chi connectivity index (χ4n) is 17.5. The summed E-state index contributed by atoms with van der Waals surface area (Å²) in [7, 11) is -4.62. The first-order chi connectivity index (χ1) is 59.1. The van der Waals surface area contributed by atoms with E-state index in [9.17, 15) is 0 Å². The average Bonchev–Trinajstić information content (AvgIpc) is 1.48. The van der Waals surface area contributed by atoms with Crippen molar-refractivity contribution in [3.8, 4) is 0 Å². The van der Waals surface area contributed by atoms with Crippen molar-refractivity contribution in [2.24, 2.45) is 0 Å². The molecule has 0 fully saturated rings. The van der Waals surface area contributed by atoms with Gasteiger partial charge in [-0.25, -0.2) is 0 Å². The molecule has 0 aliphatic carbocycles. The zero-order valence-corrected chi connectivity index (χ0v) is 70.4. The SMILES string of the molecule is CC(C)N(C(c1ccccc1)c1ccccc1)p1oc2ccc3ccccc3c2c2c(ccc3ccccc32)o1.C[C@@H](c1ccccc1)N([C@@H](C)c1ccccc1)p1oc2ccc3ccccc3c2c2c(ccc3ccccc32)o1.C[C@@H](c1ccccc1)N([C@@H](C)c1ccccc1)p1oc2ccc3ccccc3c2c2c(ccc3ccccc32)o1. The second-order valence-electron chi connectivity index (χ2n) is 31.0. The second kappa shape index (κ2) is 34.2. The standard InChI is InChI=1S/3C36H30NO2P/c1-25(2)37(36(28-15-5-3-6-16-28)29-17-7-4-8-18-29)40-38-32-23-21-26-13-9-11-19-30(26)34(32)35-31-20-12-10-14-27(31)22-24-33(35)39-40;2*1-25(27-13-5-3-6-14-27)37(26(2)28-15-7-4-8-16-28)40-38-33-23-21-29-17-9-11-19-31(29)35(33)36-32-20-12-10-18-30(32)22-24-34(36)39-40/h3-25,36H,1-2H3;2*3-26H,1-2H3/t;2*25-,26-/m.00/s1. The second-order valence-corrected chi connectivity index (χ2v) is 34.9. The fraction of sp³-hybridized carbons (Fsp3) is 0.111. The fourth-order valence-corrected chi connectivity index (χ4v) is 22.6. The first kappa shape index (κ1) is 77.0. The molecule has 21 aromatic rings. The van der Waals surface area contributed by atoms with Crippen molar-refractivity contribution in [2.75, 3.05) is 14.0 Å². The first-order valence-electron chi connectivity index (χ1n) is 41.3. The molecule has 0 N–H and O–H groups in total. The highest BCUT2D eigenvalue weighted by molar-refractivity contribution is 7.39. The van der Waals surface area contributed by atoms with Gasteiger partial charge in [-0.3, -0.25) is 0 Å². The van der Waals surface area contributed by atoms with E-state index in [-0.39, 0.29) is 36.3 Å². The minimum Gasteiger partial charge on any atom is -0.408 e. The number of nitrogens with zero attached hydrogens (tertiary/aromatic N) is 3. The molecule has 120 heavy (non-hydrogen) atoms. The van der Waals surface area contributed by atoms with Crippen LogP contribution in [0.4, 0.5) is 0 Å². The Labute approximate surface area is 701 Å². The molecule has 12 heteroatoms. The van der Waals surface area contributed by atoms with Crippen LogP contribution in [-0.2, 0) is 0 Å². The summed E-state index contributed by atoms with van der Waals surface area (Å²) in [5, 5.41) is 20.6. The smallest absolute Gasteiger partial charge is 0.310 e. The molecule has 21 rings (SSSR count). The predicted octanol–water partition coefficient (Wildman–Crippen LogP) is 32.8. The number of fused-ring (bicyclic) bond motifs is 21. The van der Waals surface area contributed by atoms with Crippen molar-refractivity contribution >= 4 is 155 Å². The van der Waals surface area contributed by atoms with Crippen LogP contribution in [0, 0.1) is 0 Å². The van der Waals surface area contributed by atoms with Crippen molar-refractivity contribution in [1.82, 2.24) is 0 Å².